The van der Waals surface area contributed by atoms with Crippen LogP contribution in [0.2, 0.25) is 0 Å². The second kappa shape index (κ2) is 7.83. The number of nitrogen functional groups attached to an aromatic ring is 1. The van der Waals surface area contributed by atoms with Crippen molar-refractivity contribution in [2.24, 2.45) is 0 Å². The first-order valence-corrected chi connectivity index (χ1v) is 10.3. The van der Waals surface area contributed by atoms with Crippen LogP contribution in [0.25, 0.3) is 16.7 Å². The van der Waals surface area contributed by atoms with Gasteiger partial charge in [-0.25, -0.2) is 4.57 Å². The van der Waals surface area contributed by atoms with E-state index in [1.54, 1.807) is 22.9 Å². The van der Waals surface area contributed by atoms with Gasteiger partial charge in [0.1, 0.15) is 10.9 Å². The number of nitrogens with one attached hydrogen (secondary N) is 1. The molecule has 3 heterocycles. The van der Waals surface area contributed by atoms with Crippen molar-refractivity contribution in [3.63, 3.8) is 0 Å². The van der Waals surface area contributed by atoms with Gasteiger partial charge >= 0.3 is 0 Å². The van der Waals surface area contributed by atoms with Gasteiger partial charge < -0.3 is 11.1 Å². The summed E-state index contributed by atoms with van der Waals surface area (Å²) in [7, 11) is 0. The van der Waals surface area contributed by atoms with Crippen LogP contribution < -0.4 is 21.2 Å². The molecule has 1 aromatic carbocycles. The van der Waals surface area contributed by atoms with Crippen molar-refractivity contribution in [1.29, 1.82) is 0 Å². The van der Waals surface area contributed by atoms with E-state index in [1.165, 1.54) is 4.40 Å². The number of rotatable bonds is 4. The molecule has 0 fully saturated rings. The lowest BCUT2D eigenvalue weighted by Gasteiger charge is -2.17. The van der Waals surface area contributed by atoms with E-state index >= 15 is 0 Å². The lowest BCUT2D eigenvalue weighted by Crippen LogP contribution is -2.44. The number of nitrogens with two attached hydrogens (primary N) is 1. The molecule has 0 aliphatic heterocycles. The maximum Gasteiger partial charge on any atom is 0.278 e. The van der Waals surface area contributed by atoms with E-state index < -0.39 is 0 Å². The van der Waals surface area contributed by atoms with Gasteiger partial charge in [0, 0.05) is 11.8 Å². The minimum atomic E-state index is -0.334. The number of fused-ring (bicyclic) bond motifs is 2. The summed E-state index contributed by atoms with van der Waals surface area (Å²) in [5.41, 5.74) is 9.39. The van der Waals surface area contributed by atoms with Crippen molar-refractivity contribution in [2.45, 2.75) is 39.8 Å². The SMILES string of the molecule is Cc1cccn2c(=O)c3cc(C(=O)N[C@@H](C)c4ccccc4)c(N)[n+](C(C)C)c3nc12. The predicted octanol–water partition coefficient (Wildman–Crippen LogP) is 3.10. The first kappa shape index (κ1) is 20.5. The Hall–Kier alpha value is -3.74. The van der Waals surface area contributed by atoms with E-state index in [0.29, 0.717) is 16.7 Å². The Kier molecular flexibility index (Phi) is 5.19. The molecule has 7 heteroatoms. The Bertz CT molecular complexity index is 1360. The van der Waals surface area contributed by atoms with Crippen molar-refractivity contribution < 1.29 is 9.36 Å². The number of anilines is 1. The zero-order valence-corrected chi connectivity index (χ0v) is 18.1. The van der Waals surface area contributed by atoms with Gasteiger partial charge in [-0.05, 0) is 45.4 Å². The van der Waals surface area contributed by atoms with Crippen LogP contribution in [0.1, 0.15) is 54.3 Å². The predicted molar refractivity (Wildman–Crippen MR) is 121 cm³/mol. The fourth-order valence-corrected chi connectivity index (χ4v) is 3.88. The second-order valence-electron chi connectivity index (χ2n) is 8.05. The first-order chi connectivity index (χ1) is 14.8. The molecule has 0 radical (unpaired) electrons. The standard InChI is InChI=1S/C24H25N5O2/c1-14(2)29-20(25)18(23(30)26-16(4)17-10-6-5-7-11-17)13-19-22(29)27-21-15(3)9-8-12-28(21)24(19)31/h5-14,16,25H,1-4H3,(H,26,30)/p+1/t16-/m0/s1. The summed E-state index contributed by atoms with van der Waals surface area (Å²) in [6.07, 6.45) is 1.68. The fourth-order valence-electron chi connectivity index (χ4n) is 3.88. The van der Waals surface area contributed by atoms with E-state index in [4.69, 9.17) is 10.7 Å². The minimum Gasteiger partial charge on any atom is -0.345 e. The Balaban J connectivity index is 1.91. The molecule has 4 aromatic rings. The zero-order chi connectivity index (χ0) is 22.3. The van der Waals surface area contributed by atoms with E-state index in [-0.39, 0.29) is 34.9 Å². The van der Waals surface area contributed by atoms with Crippen LogP contribution in [-0.2, 0) is 0 Å². The number of benzene rings is 1. The molecule has 0 unspecified atom stereocenters. The summed E-state index contributed by atoms with van der Waals surface area (Å²) in [6, 6.07) is 14.6. The summed E-state index contributed by atoms with van der Waals surface area (Å²) in [5, 5.41) is 3.34. The van der Waals surface area contributed by atoms with E-state index in [9.17, 15) is 9.59 Å². The lowest BCUT2D eigenvalue weighted by atomic mass is 10.1. The number of carbonyl (C=O) groups is 1. The molecule has 0 saturated carbocycles. The Morgan fingerprint density at radius 2 is 1.84 bits per heavy atom. The molecule has 0 saturated heterocycles. The van der Waals surface area contributed by atoms with Crippen molar-refractivity contribution in [3.8, 4) is 0 Å². The van der Waals surface area contributed by atoms with Crippen LogP contribution in [0.5, 0.6) is 0 Å². The summed E-state index contributed by atoms with van der Waals surface area (Å²) >= 11 is 0. The second-order valence-corrected chi connectivity index (χ2v) is 8.05. The molecule has 3 aromatic heterocycles. The van der Waals surface area contributed by atoms with Gasteiger partial charge in [-0.1, -0.05) is 41.4 Å². The molecule has 4 rings (SSSR count). The Morgan fingerprint density at radius 3 is 2.52 bits per heavy atom. The third-order valence-electron chi connectivity index (χ3n) is 5.52. The van der Waals surface area contributed by atoms with Gasteiger partial charge in [-0.15, -0.1) is 0 Å². The summed E-state index contributed by atoms with van der Waals surface area (Å²) < 4.78 is 3.26. The van der Waals surface area contributed by atoms with E-state index in [2.05, 4.69) is 5.32 Å². The number of pyridine rings is 2. The highest BCUT2D eigenvalue weighted by molar-refractivity contribution is 6.00. The quantitative estimate of drug-likeness (QED) is 0.395. The highest BCUT2D eigenvalue weighted by Gasteiger charge is 2.26. The number of hydrogen-bond acceptors (Lipinski definition) is 4. The number of hydrogen-bond donors (Lipinski definition) is 2. The van der Waals surface area contributed by atoms with Crippen molar-refractivity contribution >= 4 is 28.4 Å². The average Bonchev–Trinajstić information content (AvgIpc) is 2.74. The number of amides is 1. The van der Waals surface area contributed by atoms with Crippen molar-refractivity contribution in [1.82, 2.24) is 14.7 Å². The summed E-state index contributed by atoms with van der Waals surface area (Å²) in [4.78, 5) is 31.2. The van der Waals surface area contributed by atoms with Gasteiger partial charge in [0.2, 0.25) is 11.5 Å². The highest BCUT2D eigenvalue weighted by atomic mass is 16.2. The van der Waals surface area contributed by atoms with Crippen molar-refractivity contribution in [3.05, 3.63) is 81.8 Å². The van der Waals surface area contributed by atoms with Crippen LogP contribution >= 0.6 is 0 Å². The van der Waals surface area contributed by atoms with Gasteiger partial charge in [0.15, 0.2) is 0 Å². The molecule has 3 N–H and O–H groups in total. The van der Waals surface area contributed by atoms with Crippen LogP contribution in [0, 0.1) is 6.92 Å². The molecular weight excluding hydrogens is 390 g/mol. The van der Waals surface area contributed by atoms with Gasteiger partial charge in [0.05, 0.1) is 12.1 Å². The topological polar surface area (TPSA) is 93.4 Å². The lowest BCUT2D eigenvalue weighted by molar-refractivity contribution is -0.679. The monoisotopic (exact) mass is 416 g/mol. The molecular formula is C24H26N5O2+. The van der Waals surface area contributed by atoms with Crippen LogP contribution in [-0.4, -0.2) is 15.3 Å². The first-order valence-electron chi connectivity index (χ1n) is 10.3. The molecule has 31 heavy (non-hydrogen) atoms. The summed E-state index contributed by atoms with van der Waals surface area (Å²) in [6.45, 7) is 7.72. The molecule has 1 amide bonds. The Labute approximate surface area is 180 Å². The molecule has 0 aliphatic carbocycles. The fraction of sp³-hybridized carbons (Fsp3) is 0.250. The maximum absolute atomic E-state index is 13.3. The molecule has 0 aliphatic rings. The maximum atomic E-state index is 13.3. The van der Waals surface area contributed by atoms with Gasteiger partial charge in [-0.2, -0.15) is 0 Å². The summed E-state index contributed by atoms with van der Waals surface area (Å²) in [5.74, 6) is -0.0519. The van der Waals surface area contributed by atoms with Crippen molar-refractivity contribution in [2.75, 3.05) is 5.73 Å². The third-order valence-corrected chi connectivity index (χ3v) is 5.52. The van der Waals surface area contributed by atoms with Crippen LogP contribution in [0.4, 0.5) is 5.82 Å². The highest BCUT2D eigenvalue weighted by Crippen LogP contribution is 2.19. The normalized spacial score (nSPS) is 12.4. The molecule has 1 atom stereocenters. The zero-order valence-electron chi connectivity index (χ0n) is 18.1. The molecule has 7 nitrogen and oxygen atoms in total. The van der Waals surface area contributed by atoms with E-state index in [0.717, 1.165) is 11.1 Å². The number of aromatic nitrogens is 3. The van der Waals surface area contributed by atoms with Gasteiger partial charge in [-0.3, -0.25) is 14.0 Å². The molecule has 158 valence electrons. The third kappa shape index (κ3) is 3.52. The van der Waals surface area contributed by atoms with E-state index in [1.807, 2.05) is 64.1 Å². The smallest absolute Gasteiger partial charge is 0.278 e. The van der Waals surface area contributed by atoms with Crippen LogP contribution in [0.3, 0.4) is 0 Å². The largest absolute Gasteiger partial charge is 0.345 e. The van der Waals surface area contributed by atoms with Gasteiger partial charge in [0.25, 0.3) is 17.1 Å². The number of carbonyl (C=O) groups excluding carboxylic acids is 1. The minimum absolute atomic E-state index is 0.0971. The molecule has 0 spiro atoms. The molecule has 0 bridgehead atoms. The van der Waals surface area contributed by atoms with Crippen LogP contribution in [0.15, 0.2) is 59.5 Å². The average molecular weight is 417 g/mol. The number of nitrogens with zero attached hydrogens (tertiary/aromatic N) is 3. The Morgan fingerprint density at radius 1 is 1.13 bits per heavy atom. The number of aryl methyl sites for hydroxylation is 1.